The van der Waals surface area contributed by atoms with Crippen molar-refractivity contribution in [2.45, 2.75) is 26.3 Å². The standard InChI is InChI=1S/C28H30N4O4/c1-5-25(31(6-2)28(34)29-19-11-15-21(35-3)16-12-19)26-30-24-10-8-7-9-23(24)27(33)32(26)20-13-17-22(36-4)18-14-20/h7-18,25H,5-6H2,1-4H3,(H,29,34). The summed E-state index contributed by atoms with van der Waals surface area (Å²) >= 11 is 0. The number of nitrogens with one attached hydrogen (secondary N) is 1. The number of hydrogen-bond donors (Lipinski definition) is 1. The average molecular weight is 487 g/mol. The maximum atomic E-state index is 13.7. The molecule has 0 aliphatic rings. The number of benzene rings is 3. The van der Waals surface area contributed by atoms with Crippen molar-refractivity contribution in [1.29, 1.82) is 0 Å². The SMILES string of the molecule is CCC(c1nc2ccccc2c(=O)n1-c1ccc(OC)cc1)N(CC)C(=O)Nc1ccc(OC)cc1. The van der Waals surface area contributed by atoms with Crippen molar-refractivity contribution in [3.05, 3.63) is 89.0 Å². The van der Waals surface area contributed by atoms with Crippen molar-refractivity contribution >= 4 is 22.6 Å². The Kier molecular flexibility index (Phi) is 7.53. The molecular formula is C28H30N4O4. The molecule has 8 heteroatoms. The monoisotopic (exact) mass is 486 g/mol. The molecule has 1 aromatic heterocycles. The van der Waals surface area contributed by atoms with Crippen molar-refractivity contribution in [3.8, 4) is 17.2 Å². The summed E-state index contributed by atoms with van der Waals surface area (Å²) in [4.78, 5) is 33.7. The zero-order valence-electron chi connectivity index (χ0n) is 20.9. The summed E-state index contributed by atoms with van der Waals surface area (Å²) in [6, 6.07) is 20.9. The van der Waals surface area contributed by atoms with E-state index in [4.69, 9.17) is 14.5 Å². The maximum Gasteiger partial charge on any atom is 0.322 e. The van der Waals surface area contributed by atoms with Gasteiger partial charge in [-0.25, -0.2) is 9.78 Å². The number of carbonyl (C=O) groups is 1. The lowest BCUT2D eigenvalue weighted by Gasteiger charge is -2.31. The Hall–Kier alpha value is -4.33. The van der Waals surface area contributed by atoms with E-state index in [1.54, 1.807) is 66.2 Å². The minimum absolute atomic E-state index is 0.189. The molecular weight excluding hydrogens is 456 g/mol. The highest BCUT2D eigenvalue weighted by Gasteiger charge is 2.28. The van der Waals surface area contributed by atoms with E-state index in [0.717, 1.165) is 0 Å². The van der Waals surface area contributed by atoms with E-state index >= 15 is 0 Å². The van der Waals surface area contributed by atoms with E-state index in [2.05, 4.69) is 5.32 Å². The Morgan fingerprint density at radius 3 is 2.14 bits per heavy atom. The highest BCUT2D eigenvalue weighted by atomic mass is 16.5. The van der Waals surface area contributed by atoms with E-state index < -0.39 is 6.04 Å². The summed E-state index contributed by atoms with van der Waals surface area (Å²) in [6.45, 7) is 4.31. The highest BCUT2D eigenvalue weighted by molar-refractivity contribution is 5.89. The lowest BCUT2D eigenvalue weighted by atomic mass is 10.1. The van der Waals surface area contributed by atoms with Crippen LogP contribution in [0.1, 0.15) is 32.1 Å². The highest BCUT2D eigenvalue weighted by Crippen LogP contribution is 2.27. The van der Waals surface area contributed by atoms with Gasteiger partial charge in [-0.2, -0.15) is 0 Å². The van der Waals surface area contributed by atoms with Gasteiger partial charge in [0.05, 0.1) is 36.9 Å². The number of amides is 2. The van der Waals surface area contributed by atoms with Crippen molar-refractivity contribution in [3.63, 3.8) is 0 Å². The van der Waals surface area contributed by atoms with Gasteiger partial charge in [0, 0.05) is 12.2 Å². The topological polar surface area (TPSA) is 85.7 Å². The predicted octanol–water partition coefficient (Wildman–Crippen LogP) is 5.41. The third-order valence-electron chi connectivity index (χ3n) is 6.14. The Morgan fingerprint density at radius 1 is 0.944 bits per heavy atom. The summed E-state index contributed by atoms with van der Waals surface area (Å²) in [5.41, 5.74) is 1.70. The fourth-order valence-electron chi connectivity index (χ4n) is 4.27. The number of ether oxygens (including phenoxy) is 2. The molecule has 0 radical (unpaired) electrons. The molecule has 36 heavy (non-hydrogen) atoms. The maximum absolute atomic E-state index is 13.7. The first kappa shape index (κ1) is 24.8. The van der Waals surface area contributed by atoms with Crippen molar-refractivity contribution in [2.75, 3.05) is 26.1 Å². The van der Waals surface area contributed by atoms with Gasteiger partial charge < -0.3 is 19.7 Å². The number of methoxy groups -OCH3 is 2. The van der Waals surface area contributed by atoms with Crippen LogP contribution in [-0.4, -0.2) is 41.2 Å². The second kappa shape index (κ2) is 10.9. The smallest absolute Gasteiger partial charge is 0.322 e. The predicted molar refractivity (Wildman–Crippen MR) is 141 cm³/mol. The summed E-state index contributed by atoms with van der Waals surface area (Å²) in [5, 5.41) is 3.47. The Morgan fingerprint density at radius 2 is 1.56 bits per heavy atom. The molecule has 1 heterocycles. The molecule has 0 bridgehead atoms. The molecule has 2 amide bonds. The van der Waals surface area contributed by atoms with Crippen molar-refractivity contribution in [2.24, 2.45) is 0 Å². The van der Waals surface area contributed by atoms with Crippen LogP contribution < -0.4 is 20.3 Å². The normalized spacial score (nSPS) is 11.7. The van der Waals surface area contributed by atoms with Gasteiger partial charge in [0.2, 0.25) is 0 Å². The molecule has 0 saturated heterocycles. The molecule has 0 fully saturated rings. The van der Waals surface area contributed by atoms with Crippen LogP contribution in [0, 0.1) is 0 Å². The quantitative estimate of drug-likeness (QED) is 0.360. The molecule has 4 aromatic rings. The van der Waals surface area contributed by atoms with E-state index in [-0.39, 0.29) is 11.6 Å². The molecule has 1 unspecified atom stereocenters. The van der Waals surface area contributed by atoms with E-state index in [1.165, 1.54) is 0 Å². The van der Waals surface area contributed by atoms with Gasteiger partial charge in [0.15, 0.2) is 0 Å². The van der Waals surface area contributed by atoms with Gasteiger partial charge in [-0.05, 0) is 74.0 Å². The molecule has 4 rings (SSSR count). The lowest BCUT2D eigenvalue weighted by Crippen LogP contribution is -2.40. The average Bonchev–Trinajstić information content (AvgIpc) is 2.92. The first-order valence-corrected chi connectivity index (χ1v) is 11.9. The Labute approximate surface area is 210 Å². The minimum Gasteiger partial charge on any atom is -0.497 e. The largest absolute Gasteiger partial charge is 0.497 e. The lowest BCUT2D eigenvalue weighted by molar-refractivity contribution is 0.185. The number of aromatic nitrogens is 2. The third kappa shape index (κ3) is 4.88. The van der Waals surface area contributed by atoms with E-state index in [0.29, 0.717) is 52.6 Å². The fourth-order valence-corrected chi connectivity index (χ4v) is 4.27. The minimum atomic E-state index is -0.451. The van der Waals surface area contributed by atoms with Gasteiger partial charge in [0.1, 0.15) is 17.3 Å². The number of anilines is 1. The number of rotatable bonds is 8. The van der Waals surface area contributed by atoms with E-state index in [1.807, 2.05) is 44.2 Å². The Bertz CT molecular complexity index is 1400. The zero-order chi connectivity index (χ0) is 25.7. The third-order valence-corrected chi connectivity index (χ3v) is 6.14. The van der Waals surface area contributed by atoms with Gasteiger partial charge in [-0.3, -0.25) is 9.36 Å². The molecule has 8 nitrogen and oxygen atoms in total. The second-order valence-corrected chi connectivity index (χ2v) is 8.19. The van der Waals surface area contributed by atoms with Crippen LogP contribution in [0.3, 0.4) is 0 Å². The summed E-state index contributed by atoms with van der Waals surface area (Å²) in [5.74, 6) is 1.89. The molecule has 186 valence electrons. The molecule has 1 N–H and O–H groups in total. The van der Waals surface area contributed by atoms with Crippen LogP contribution in [0.15, 0.2) is 77.6 Å². The Balaban J connectivity index is 1.80. The molecule has 0 aliphatic heterocycles. The van der Waals surface area contributed by atoms with Crippen LogP contribution in [0.4, 0.5) is 10.5 Å². The molecule has 0 aliphatic carbocycles. The summed E-state index contributed by atoms with van der Waals surface area (Å²) < 4.78 is 12.1. The number of urea groups is 1. The number of para-hydroxylation sites is 1. The molecule has 0 saturated carbocycles. The van der Waals surface area contributed by atoms with Crippen LogP contribution in [0.5, 0.6) is 11.5 Å². The summed E-state index contributed by atoms with van der Waals surface area (Å²) in [7, 11) is 3.19. The summed E-state index contributed by atoms with van der Waals surface area (Å²) in [6.07, 6.45) is 0.560. The first-order chi connectivity index (χ1) is 17.5. The van der Waals surface area contributed by atoms with Crippen molar-refractivity contribution < 1.29 is 14.3 Å². The van der Waals surface area contributed by atoms with Crippen LogP contribution in [0.2, 0.25) is 0 Å². The van der Waals surface area contributed by atoms with Crippen molar-refractivity contribution in [1.82, 2.24) is 14.5 Å². The van der Waals surface area contributed by atoms with Gasteiger partial charge in [0.25, 0.3) is 5.56 Å². The van der Waals surface area contributed by atoms with Gasteiger partial charge >= 0.3 is 6.03 Å². The second-order valence-electron chi connectivity index (χ2n) is 8.19. The first-order valence-electron chi connectivity index (χ1n) is 11.9. The number of carbonyl (C=O) groups excluding carboxylic acids is 1. The molecule has 0 spiro atoms. The van der Waals surface area contributed by atoms with Crippen LogP contribution >= 0.6 is 0 Å². The molecule has 3 aromatic carbocycles. The van der Waals surface area contributed by atoms with Gasteiger partial charge in [-0.15, -0.1) is 0 Å². The number of fused-ring (bicyclic) bond motifs is 1. The zero-order valence-corrected chi connectivity index (χ0v) is 20.9. The van der Waals surface area contributed by atoms with Gasteiger partial charge in [-0.1, -0.05) is 19.1 Å². The van der Waals surface area contributed by atoms with E-state index in [9.17, 15) is 9.59 Å². The van der Waals surface area contributed by atoms with Crippen LogP contribution in [0.25, 0.3) is 16.6 Å². The fraction of sp³-hybridized carbons (Fsp3) is 0.250. The molecule has 1 atom stereocenters. The number of hydrogen-bond acceptors (Lipinski definition) is 5. The van der Waals surface area contributed by atoms with Crippen LogP contribution in [-0.2, 0) is 0 Å². The number of nitrogens with zero attached hydrogens (tertiary/aromatic N) is 3.